The van der Waals surface area contributed by atoms with Crippen molar-refractivity contribution in [3.05, 3.63) is 95.6 Å². The number of benzene rings is 3. The Bertz CT molecular complexity index is 759. The summed E-state index contributed by atoms with van der Waals surface area (Å²) in [6.07, 6.45) is 0. The second kappa shape index (κ2) is 6.70. The minimum atomic E-state index is 0.263. The van der Waals surface area contributed by atoms with Gasteiger partial charge in [-0.15, -0.1) is 0 Å². The van der Waals surface area contributed by atoms with Gasteiger partial charge in [0.25, 0.3) is 0 Å². The Morgan fingerprint density at radius 3 is 1.96 bits per heavy atom. The predicted octanol–water partition coefficient (Wildman–Crippen LogP) is 6.20. The maximum atomic E-state index is 2.42. The molecule has 0 heterocycles. The van der Waals surface area contributed by atoms with Crippen molar-refractivity contribution in [3.8, 4) is 0 Å². The highest BCUT2D eigenvalue weighted by Gasteiger charge is 2.19. The number of hydrogen-bond donors (Lipinski definition) is 0. The van der Waals surface area contributed by atoms with Crippen molar-refractivity contribution in [1.29, 1.82) is 0 Å². The van der Waals surface area contributed by atoms with Gasteiger partial charge in [0, 0.05) is 11.4 Å². The van der Waals surface area contributed by atoms with Crippen molar-refractivity contribution in [1.82, 2.24) is 0 Å². The first kappa shape index (κ1) is 15.4. The van der Waals surface area contributed by atoms with Gasteiger partial charge < -0.3 is 4.90 Å². The Morgan fingerprint density at radius 2 is 1.30 bits per heavy atom. The molecule has 0 radical (unpaired) electrons. The highest BCUT2D eigenvalue weighted by atomic mass is 15.2. The minimum absolute atomic E-state index is 0.263. The smallest absolute Gasteiger partial charge is 0.0563 e. The SMILES string of the molecule is Cc1ccc(C(C)N(c2ccccc2)c2ccccc2C)cc1. The summed E-state index contributed by atoms with van der Waals surface area (Å²) >= 11 is 0. The average molecular weight is 301 g/mol. The molecule has 0 bridgehead atoms. The van der Waals surface area contributed by atoms with Crippen molar-refractivity contribution in [2.45, 2.75) is 26.8 Å². The van der Waals surface area contributed by atoms with Crippen LogP contribution in [0.15, 0.2) is 78.9 Å². The normalized spacial score (nSPS) is 12.0. The molecule has 0 aliphatic heterocycles. The first-order valence-corrected chi connectivity index (χ1v) is 8.13. The summed E-state index contributed by atoms with van der Waals surface area (Å²) in [4.78, 5) is 2.42. The lowest BCUT2D eigenvalue weighted by atomic mass is 10.0. The van der Waals surface area contributed by atoms with E-state index in [1.807, 2.05) is 0 Å². The second-order valence-electron chi connectivity index (χ2n) is 6.08. The van der Waals surface area contributed by atoms with Gasteiger partial charge in [-0.3, -0.25) is 0 Å². The summed E-state index contributed by atoms with van der Waals surface area (Å²) in [6, 6.07) is 28.3. The van der Waals surface area contributed by atoms with Crippen LogP contribution in [0.5, 0.6) is 0 Å². The van der Waals surface area contributed by atoms with Gasteiger partial charge in [-0.2, -0.15) is 0 Å². The van der Waals surface area contributed by atoms with Gasteiger partial charge in [0.15, 0.2) is 0 Å². The maximum Gasteiger partial charge on any atom is 0.0563 e. The first-order valence-electron chi connectivity index (χ1n) is 8.13. The van der Waals surface area contributed by atoms with E-state index in [0.717, 1.165) is 0 Å². The lowest BCUT2D eigenvalue weighted by Crippen LogP contribution is -2.22. The third-order valence-corrected chi connectivity index (χ3v) is 4.36. The van der Waals surface area contributed by atoms with Gasteiger partial charge in [-0.25, -0.2) is 0 Å². The van der Waals surface area contributed by atoms with Crippen LogP contribution in [0.25, 0.3) is 0 Å². The lowest BCUT2D eigenvalue weighted by Gasteiger charge is -2.33. The molecule has 3 rings (SSSR count). The minimum Gasteiger partial charge on any atom is -0.334 e. The van der Waals surface area contributed by atoms with Gasteiger partial charge >= 0.3 is 0 Å². The molecule has 0 N–H and O–H groups in total. The standard InChI is InChI=1S/C22H23N/c1-17-13-15-20(16-14-17)19(3)23(21-10-5-4-6-11-21)22-12-8-7-9-18(22)2/h4-16,19H,1-3H3. The van der Waals surface area contributed by atoms with Gasteiger partial charge in [-0.1, -0.05) is 66.2 Å². The van der Waals surface area contributed by atoms with E-state index in [0.29, 0.717) is 0 Å². The molecule has 116 valence electrons. The van der Waals surface area contributed by atoms with Crippen LogP contribution in [0.4, 0.5) is 11.4 Å². The molecule has 0 saturated carbocycles. The van der Waals surface area contributed by atoms with Crippen LogP contribution in [-0.4, -0.2) is 0 Å². The zero-order valence-corrected chi connectivity index (χ0v) is 14.0. The Labute approximate surface area is 139 Å². The Morgan fingerprint density at radius 1 is 0.696 bits per heavy atom. The van der Waals surface area contributed by atoms with Crippen LogP contribution in [0.3, 0.4) is 0 Å². The van der Waals surface area contributed by atoms with E-state index >= 15 is 0 Å². The fourth-order valence-corrected chi connectivity index (χ4v) is 2.99. The highest BCUT2D eigenvalue weighted by molar-refractivity contribution is 5.67. The fraction of sp³-hybridized carbons (Fsp3) is 0.182. The zero-order valence-electron chi connectivity index (χ0n) is 14.0. The third-order valence-electron chi connectivity index (χ3n) is 4.36. The van der Waals surface area contributed by atoms with Crippen LogP contribution in [-0.2, 0) is 0 Å². The molecule has 23 heavy (non-hydrogen) atoms. The van der Waals surface area contributed by atoms with Gasteiger partial charge in [0.1, 0.15) is 0 Å². The summed E-state index contributed by atoms with van der Waals surface area (Å²) < 4.78 is 0. The molecule has 0 spiro atoms. The molecular weight excluding hydrogens is 278 g/mol. The van der Waals surface area contributed by atoms with Crippen LogP contribution in [0.1, 0.15) is 29.7 Å². The zero-order chi connectivity index (χ0) is 16.2. The van der Waals surface area contributed by atoms with E-state index in [1.165, 1.54) is 28.1 Å². The van der Waals surface area contributed by atoms with E-state index in [-0.39, 0.29) is 6.04 Å². The predicted molar refractivity (Wildman–Crippen MR) is 99.4 cm³/mol. The topological polar surface area (TPSA) is 3.24 Å². The van der Waals surface area contributed by atoms with Gasteiger partial charge in [0.2, 0.25) is 0 Å². The maximum absolute atomic E-state index is 2.42. The van der Waals surface area contributed by atoms with Gasteiger partial charge in [0.05, 0.1) is 6.04 Å². The van der Waals surface area contributed by atoms with Crippen LogP contribution in [0, 0.1) is 13.8 Å². The van der Waals surface area contributed by atoms with Crippen molar-refractivity contribution < 1.29 is 0 Å². The molecule has 0 aliphatic carbocycles. The Balaban J connectivity index is 2.09. The van der Waals surface area contributed by atoms with Gasteiger partial charge in [-0.05, 0) is 50.1 Å². The molecular formula is C22H23N. The van der Waals surface area contributed by atoms with Crippen molar-refractivity contribution in [3.63, 3.8) is 0 Å². The van der Waals surface area contributed by atoms with Crippen LogP contribution in [0.2, 0.25) is 0 Å². The van der Waals surface area contributed by atoms with Crippen molar-refractivity contribution >= 4 is 11.4 Å². The summed E-state index contributed by atoms with van der Waals surface area (Å²) in [5.74, 6) is 0. The number of aryl methyl sites for hydroxylation is 2. The first-order chi connectivity index (χ1) is 11.2. The second-order valence-corrected chi connectivity index (χ2v) is 6.08. The molecule has 1 unspecified atom stereocenters. The molecule has 0 aliphatic rings. The van der Waals surface area contributed by atoms with E-state index in [1.54, 1.807) is 0 Å². The molecule has 3 aromatic rings. The monoisotopic (exact) mass is 301 g/mol. The molecule has 0 fully saturated rings. The molecule has 1 nitrogen and oxygen atoms in total. The number of hydrogen-bond acceptors (Lipinski definition) is 1. The summed E-state index contributed by atoms with van der Waals surface area (Å²) in [5.41, 5.74) is 6.38. The van der Waals surface area contributed by atoms with Crippen molar-refractivity contribution in [2.75, 3.05) is 4.90 Å². The highest BCUT2D eigenvalue weighted by Crippen LogP contribution is 2.36. The number of anilines is 2. The number of para-hydroxylation sites is 2. The molecule has 0 aromatic heterocycles. The van der Waals surface area contributed by atoms with E-state index in [9.17, 15) is 0 Å². The van der Waals surface area contributed by atoms with E-state index in [2.05, 4.69) is 105 Å². The lowest BCUT2D eigenvalue weighted by molar-refractivity contribution is 0.771. The Kier molecular flexibility index (Phi) is 4.47. The fourth-order valence-electron chi connectivity index (χ4n) is 2.99. The molecule has 1 heteroatoms. The number of nitrogens with zero attached hydrogens (tertiary/aromatic N) is 1. The van der Waals surface area contributed by atoms with Crippen molar-refractivity contribution in [2.24, 2.45) is 0 Å². The van der Waals surface area contributed by atoms with Crippen LogP contribution >= 0.6 is 0 Å². The van der Waals surface area contributed by atoms with E-state index in [4.69, 9.17) is 0 Å². The summed E-state index contributed by atoms with van der Waals surface area (Å²) in [7, 11) is 0. The summed E-state index contributed by atoms with van der Waals surface area (Å²) in [5, 5.41) is 0. The molecule has 1 atom stereocenters. The largest absolute Gasteiger partial charge is 0.334 e. The quantitative estimate of drug-likeness (QED) is 0.554. The third kappa shape index (κ3) is 3.29. The van der Waals surface area contributed by atoms with E-state index < -0.39 is 0 Å². The number of rotatable bonds is 4. The molecule has 0 saturated heterocycles. The Hall–Kier alpha value is -2.54. The molecule has 3 aromatic carbocycles. The average Bonchev–Trinajstić information content (AvgIpc) is 2.58. The summed E-state index contributed by atoms with van der Waals surface area (Å²) in [6.45, 7) is 6.57. The molecule has 0 amide bonds. The van der Waals surface area contributed by atoms with Crippen LogP contribution < -0.4 is 4.90 Å².